The summed E-state index contributed by atoms with van der Waals surface area (Å²) < 4.78 is 1.60. The van der Waals surface area contributed by atoms with Crippen molar-refractivity contribution in [3.8, 4) is 0 Å². The molecule has 0 aliphatic carbocycles. The van der Waals surface area contributed by atoms with E-state index in [2.05, 4.69) is 15.1 Å². The number of hydrogen-bond donors (Lipinski definition) is 2. The van der Waals surface area contributed by atoms with Gasteiger partial charge in [-0.15, -0.1) is 5.10 Å². The number of halogens is 1. The number of likely N-dealkylation sites (tertiary alicyclic amines) is 1. The second-order valence-corrected chi connectivity index (χ2v) is 5.63. The normalized spacial score (nSPS) is 18.4. The maximum atomic E-state index is 12.4. The lowest BCUT2D eigenvalue weighted by atomic mass is 10.1. The number of hydrogen-bond acceptors (Lipinski definition) is 4. The monoisotopic (exact) mass is 322 g/mol. The molecule has 2 aromatic heterocycles. The molecule has 2 aromatic rings. The number of rotatable bonds is 3. The van der Waals surface area contributed by atoms with Gasteiger partial charge in [0.25, 0.3) is 11.8 Å². The van der Waals surface area contributed by atoms with E-state index in [4.69, 9.17) is 17.3 Å². The number of amides is 2. The number of carbonyl (C=O) groups is 2. The number of primary amides is 1. The molecule has 1 atom stereocenters. The minimum Gasteiger partial charge on any atom is -0.363 e. The van der Waals surface area contributed by atoms with Crippen LogP contribution in [0.1, 0.15) is 40.0 Å². The molecule has 0 bridgehead atoms. The second-order valence-electron chi connectivity index (χ2n) is 5.19. The minimum absolute atomic E-state index is 0.0143. The van der Waals surface area contributed by atoms with Gasteiger partial charge in [-0.1, -0.05) is 11.6 Å². The molecule has 3 rings (SSSR count). The Labute approximate surface area is 131 Å². The second kappa shape index (κ2) is 5.80. The number of nitrogens with one attached hydrogen (secondary N) is 1. The molecule has 1 aliphatic rings. The van der Waals surface area contributed by atoms with Gasteiger partial charge in [0.1, 0.15) is 12.0 Å². The van der Waals surface area contributed by atoms with Crippen LogP contribution in [0.3, 0.4) is 0 Å². The third-order valence-corrected chi connectivity index (χ3v) is 3.88. The first-order chi connectivity index (χ1) is 10.5. The predicted octanol–water partition coefficient (Wildman–Crippen LogP) is 0.836. The Kier molecular flexibility index (Phi) is 3.84. The van der Waals surface area contributed by atoms with Crippen LogP contribution in [0.25, 0.3) is 0 Å². The molecule has 9 heteroatoms. The smallest absolute Gasteiger partial charge is 0.288 e. The van der Waals surface area contributed by atoms with Crippen LogP contribution in [-0.2, 0) is 0 Å². The summed E-state index contributed by atoms with van der Waals surface area (Å²) in [6.45, 7) is 1.17. The fourth-order valence-corrected chi connectivity index (χ4v) is 2.74. The summed E-state index contributed by atoms with van der Waals surface area (Å²) in [4.78, 5) is 31.9. The third kappa shape index (κ3) is 2.82. The highest BCUT2D eigenvalue weighted by Crippen LogP contribution is 2.22. The molecule has 3 heterocycles. The number of nitrogens with two attached hydrogens (primary N) is 1. The van der Waals surface area contributed by atoms with Crippen molar-refractivity contribution >= 4 is 23.4 Å². The maximum absolute atomic E-state index is 12.4. The number of nitrogens with zero attached hydrogens (tertiary/aromatic N) is 4. The summed E-state index contributed by atoms with van der Waals surface area (Å²) in [7, 11) is 0. The third-order valence-electron chi connectivity index (χ3n) is 3.66. The number of piperidine rings is 1. The van der Waals surface area contributed by atoms with Crippen LogP contribution in [0.5, 0.6) is 0 Å². The molecule has 8 nitrogen and oxygen atoms in total. The fraction of sp³-hybridized carbons (Fsp3) is 0.385. The maximum Gasteiger partial charge on any atom is 0.288 e. The zero-order valence-electron chi connectivity index (χ0n) is 11.7. The molecule has 0 unspecified atom stereocenters. The standard InChI is InChI=1S/C13H15ClN6O2/c14-8-4-10(16-5-8)13(22)19-3-1-2-9(6-19)20-7-17-12(18-20)11(15)21/h4-5,7,9,16H,1-3,6H2,(H2,15,21)/t9-/m0/s1. The lowest BCUT2D eigenvalue weighted by molar-refractivity contribution is 0.0666. The van der Waals surface area contributed by atoms with Gasteiger partial charge in [0.15, 0.2) is 0 Å². The molecule has 0 saturated carbocycles. The highest BCUT2D eigenvalue weighted by Gasteiger charge is 2.27. The van der Waals surface area contributed by atoms with Gasteiger partial charge in [-0.2, -0.15) is 0 Å². The van der Waals surface area contributed by atoms with Crippen LogP contribution in [-0.4, -0.2) is 49.6 Å². The summed E-state index contributed by atoms with van der Waals surface area (Å²) in [6.07, 6.45) is 4.75. The van der Waals surface area contributed by atoms with Crippen molar-refractivity contribution in [3.05, 3.63) is 35.1 Å². The molecule has 0 spiro atoms. The van der Waals surface area contributed by atoms with E-state index >= 15 is 0 Å². The summed E-state index contributed by atoms with van der Waals surface area (Å²) >= 11 is 5.83. The molecule has 3 N–H and O–H groups in total. The van der Waals surface area contributed by atoms with Crippen LogP contribution in [0.4, 0.5) is 0 Å². The number of carbonyl (C=O) groups excluding carboxylic acids is 2. The zero-order chi connectivity index (χ0) is 15.7. The molecule has 116 valence electrons. The quantitative estimate of drug-likeness (QED) is 0.872. The lowest BCUT2D eigenvalue weighted by Gasteiger charge is -2.32. The Morgan fingerprint density at radius 1 is 1.45 bits per heavy atom. The highest BCUT2D eigenvalue weighted by molar-refractivity contribution is 6.30. The van der Waals surface area contributed by atoms with E-state index in [1.807, 2.05) is 0 Å². The van der Waals surface area contributed by atoms with Gasteiger partial charge in [-0.05, 0) is 18.9 Å². The average molecular weight is 323 g/mol. The Morgan fingerprint density at radius 3 is 2.91 bits per heavy atom. The van der Waals surface area contributed by atoms with Crippen molar-refractivity contribution < 1.29 is 9.59 Å². The summed E-state index contributed by atoms with van der Waals surface area (Å²) in [5.41, 5.74) is 5.61. The largest absolute Gasteiger partial charge is 0.363 e. The first-order valence-electron chi connectivity index (χ1n) is 6.88. The van der Waals surface area contributed by atoms with Crippen LogP contribution < -0.4 is 5.73 Å². The molecule has 1 aliphatic heterocycles. The Balaban J connectivity index is 1.73. The van der Waals surface area contributed by atoms with Gasteiger partial charge in [-0.3, -0.25) is 9.59 Å². The van der Waals surface area contributed by atoms with Gasteiger partial charge < -0.3 is 15.6 Å². The lowest BCUT2D eigenvalue weighted by Crippen LogP contribution is -2.41. The predicted molar refractivity (Wildman–Crippen MR) is 78.5 cm³/mol. The van der Waals surface area contributed by atoms with E-state index in [1.54, 1.807) is 21.8 Å². The van der Waals surface area contributed by atoms with Gasteiger partial charge in [0.2, 0.25) is 5.82 Å². The average Bonchev–Trinajstić information content (AvgIpc) is 3.15. The van der Waals surface area contributed by atoms with Crippen molar-refractivity contribution in [1.29, 1.82) is 0 Å². The minimum atomic E-state index is -0.663. The number of aromatic amines is 1. The Bertz CT molecular complexity index is 709. The molecular formula is C13H15ClN6O2. The van der Waals surface area contributed by atoms with Crippen LogP contribution >= 0.6 is 11.6 Å². The molecule has 0 aromatic carbocycles. The Morgan fingerprint density at radius 2 is 2.27 bits per heavy atom. The highest BCUT2D eigenvalue weighted by atomic mass is 35.5. The molecule has 2 amide bonds. The van der Waals surface area contributed by atoms with E-state index in [9.17, 15) is 9.59 Å². The van der Waals surface area contributed by atoms with E-state index in [1.165, 1.54) is 6.33 Å². The summed E-state index contributed by atoms with van der Waals surface area (Å²) in [5.74, 6) is -0.782. The van der Waals surface area contributed by atoms with Crippen LogP contribution in [0, 0.1) is 0 Å². The number of aromatic nitrogens is 4. The van der Waals surface area contributed by atoms with Gasteiger partial charge in [-0.25, -0.2) is 9.67 Å². The van der Waals surface area contributed by atoms with Crippen molar-refractivity contribution in [2.75, 3.05) is 13.1 Å². The summed E-state index contributed by atoms with van der Waals surface area (Å²) in [6, 6.07) is 1.58. The molecule has 22 heavy (non-hydrogen) atoms. The summed E-state index contributed by atoms with van der Waals surface area (Å²) in [5, 5.41) is 4.57. The van der Waals surface area contributed by atoms with Crippen molar-refractivity contribution in [3.63, 3.8) is 0 Å². The van der Waals surface area contributed by atoms with Gasteiger partial charge in [0.05, 0.1) is 11.1 Å². The Hall–Kier alpha value is -2.35. The van der Waals surface area contributed by atoms with Crippen molar-refractivity contribution in [1.82, 2.24) is 24.6 Å². The first kappa shape index (κ1) is 14.6. The molecule has 1 saturated heterocycles. The van der Waals surface area contributed by atoms with Crippen molar-refractivity contribution in [2.45, 2.75) is 18.9 Å². The molecular weight excluding hydrogens is 308 g/mol. The van der Waals surface area contributed by atoms with Gasteiger partial charge >= 0.3 is 0 Å². The zero-order valence-corrected chi connectivity index (χ0v) is 12.5. The number of H-pyrrole nitrogens is 1. The van der Waals surface area contributed by atoms with Crippen LogP contribution in [0.2, 0.25) is 5.02 Å². The van der Waals surface area contributed by atoms with E-state index in [-0.39, 0.29) is 17.8 Å². The fourth-order valence-electron chi connectivity index (χ4n) is 2.58. The molecule has 1 fully saturated rings. The first-order valence-corrected chi connectivity index (χ1v) is 7.26. The van der Waals surface area contributed by atoms with E-state index in [0.717, 1.165) is 12.8 Å². The van der Waals surface area contributed by atoms with Gasteiger partial charge in [0, 0.05) is 19.3 Å². The van der Waals surface area contributed by atoms with Crippen LogP contribution in [0.15, 0.2) is 18.6 Å². The van der Waals surface area contributed by atoms with Crippen molar-refractivity contribution in [2.24, 2.45) is 5.73 Å². The van der Waals surface area contributed by atoms with E-state index < -0.39 is 5.91 Å². The van der Waals surface area contributed by atoms with E-state index in [0.29, 0.717) is 23.8 Å². The topological polar surface area (TPSA) is 110 Å². The SMILES string of the molecule is NC(=O)c1ncn([C@H]2CCCN(C(=O)c3cc(Cl)c[nH]3)C2)n1. The molecule has 0 radical (unpaired) electrons.